The molecule has 1 amide bonds. The minimum Gasteiger partial charge on any atom is -0.480 e. The molecule has 22 heavy (non-hydrogen) atoms. The zero-order chi connectivity index (χ0) is 16.3. The molecular weight excluding hydrogens is 290 g/mol. The van der Waals surface area contributed by atoms with Crippen LogP contribution in [0.1, 0.15) is 42.3 Å². The number of H-pyrrole nitrogens is 1. The van der Waals surface area contributed by atoms with Gasteiger partial charge in [-0.1, -0.05) is 19.8 Å². The van der Waals surface area contributed by atoms with Gasteiger partial charge in [0.1, 0.15) is 17.2 Å². The number of aromatic amines is 1. The Morgan fingerprint density at radius 1 is 1.50 bits per heavy atom. The van der Waals surface area contributed by atoms with Crippen molar-refractivity contribution in [1.29, 1.82) is 0 Å². The Morgan fingerprint density at radius 3 is 2.86 bits per heavy atom. The van der Waals surface area contributed by atoms with Gasteiger partial charge < -0.3 is 19.8 Å². The summed E-state index contributed by atoms with van der Waals surface area (Å²) in [6.07, 6.45) is 2.99. The molecule has 2 rings (SSSR count). The van der Waals surface area contributed by atoms with Crippen LogP contribution in [-0.4, -0.2) is 33.0 Å². The summed E-state index contributed by atoms with van der Waals surface area (Å²) in [5.41, 5.74) is -0.439. The molecule has 1 atom stereocenters. The molecule has 0 saturated heterocycles. The van der Waals surface area contributed by atoms with Gasteiger partial charge in [0.15, 0.2) is 0 Å². The first kappa shape index (κ1) is 15.7. The predicted molar refractivity (Wildman–Crippen MR) is 77.8 cm³/mol. The normalized spacial score (nSPS) is 12.3. The molecule has 0 fully saturated rings. The van der Waals surface area contributed by atoms with Crippen molar-refractivity contribution in [3.05, 3.63) is 28.0 Å². The Hall–Kier alpha value is -2.64. The highest BCUT2D eigenvalue weighted by molar-refractivity contribution is 6.07. The minimum absolute atomic E-state index is 0.0205. The number of furan rings is 1. The van der Waals surface area contributed by atoms with Crippen LogP contribution < -0.4 is 10.9 Å². The summed E-state index contributed by atoms with van der Waals surface area (Å²) in [5.74, 6) is -1.55. The average molecular weight is 307 g/mol. The van der Waals surface area contributed by atoms with Gasteiger partial charge in [-0.15, -0.1) is 0 Å². The number of unbranched alkanes of at least 4 members (excludes halogenated alkanes) is 1. The van der Waals surface area contributed by atoms with Crippen LogP contribution in [0.3, 0.4) is 0 Å². The molecule has 118 valence electrons. The lowest BCUT2D eigenvalue weighted by atomic mass is 10.1. The van der Waals surface area contributed by atoms with Crippen LogP contribution >= 0.6 is 0 Å². The van der Waals surface area contributed by atoms with E-state index in [4.69, 9.17) is 9.52 Å². The molecule has 0 aliphatic carbocycles. The Bertz CT molecular complexity index is 761. The smallest absolute Gasteiger partial charge is 0.326 e. The van der Waals surface area contributed by atoms with Crippen molar-refractivity contribution in [2.75, 3.05) is 0 Å². The van der Waals surface area contributed by atoms with E-state index in [-0.39, 0.29) is 22.4 Å². The number of carboxylic acid groups (broad SMARTS) is 1. The molecule has 0 aromatic carbocycles. The van der Waals surface area contributed by atoms with Gasteiger partial charge in [-0.05, 0) is 13.3 Å². The summed E-state index contributed by atoms with van der Waals surface area (Å²) < 4.78 is 5.28. The van der Waals surface area contributed by atoms with Crippen LogP contribution in [0.2, 0.25) is 0 Å². The SMILES string of the molecule is CCCC[C@H](NC(=O)c1c(C)oc2nc[nH]c(=O)c12)C(=O)O. The second kappa shape index (κ2) is 6.42. The van der Waals surface area contributed by atoms with Gasteiger partial charge in [-0.2, -0.15) is 0 Å². The monoisotopic (exact) mass is 307 g/mol. The van der Waals surface area contributed by atoms with Crippen LogP contribution in [0.4, 0.5) is 0 Å². The Kier molecular flexibility index (Phi) is 4.59. The number of aromatic nitrogens is 2. The minimum atomic E-state index is -1.11. The number of rotatable bonds is 6. The molecule has 3 N–H and O–H groups in total. The summed E-state index contributed by atoms with van der Waals surface area (Å²) in [5, 5.41) is 11.6. The lowest BCUT2D eigenvalue weighted by molar-refractivity contribution is -0.139. The average Bonchev–Trinajstić information content (AvgIpc) is 2.80. The van der Waals surface area contributed by atoms with Crippen LogP contribution in [0, 0.1) is 6.92 Å². The largest absolute Gasteiger partial charge is 0.480 e. The second-order valence-corrected chi connectivity index (χ2v) is 4.95. The molecule has 2 aromatic heterocycles. The maximum atomic E-state index is 12.4. The van der Waals surface area contributed by atoms with Crippen molar-refractivity contribution in [3.8, 4) is 0 Å². The van der Waals surface area contributed by atoms with E-state index in [1.165, 1.54) is 13.3 Å². The van der Waals surface area contributed by atoms with E-state index >= 15 is 0 Å². The topological polar surface area (TPSA) is 125 Å². The van der Waals surface area contributed by atoms with Gasteiger partial charge in [-0.25, -0.2) is 9.78 Å². The molecule has 0 spiro atoms. The number of nitrogens with one attached hydrogen (secondary N) is 2. The molecule has 2 aromatic rings. The number of fused-ring (bicyclic) bond motifs is 1. The zero-order valence-electron chi connectivity index (χ0n) is 12.3. The highest BCUT2D eigenvalue weighted by atomic mass is 16.4. The molecule has 8 nitrogen and oxygen atoms in total. The molecule has 0 unspecified atom stereocenters. The van der Waals surface area contributed by atoms with Crippen LogP contribution in [0.25, 0.3) is 11.1 Å². The lowest BCUT2D eigenvalue weighted by Gasteiger charge is -2.13. The number of amides is 1. The number of carboxylic acids is 1. The van der Waals surface area contributed by atoms with Gasteiger partial charge in [0.05, 0.1) is 11.9 Å². The van der Waals surface area contributed by atoms with E-state index in [1.54, 1.807) is 0 Å². The molecule has 2 heterocycles. The molecule has 0 aliphatic heterocycles. The highest BCUT2D eigenvalue weighted by Gasteiger charge is 2.26. The molecule has 8 heteroatoms. The van der Waals surface area contributed by atoms with Crippen molar-refractivity contribution in [2.45, 2.75) is 39.2 Å². The number of hydrogen-bond donors (Lipinski definition) is 3. The van der Waals surface area contributed by atoms with E-state index in [1.807, 2.05) is 6.92 Å². The first-order valence-electron chi connectivity index (χ1n) is 6.96. The van der Waals surface area contributed by atoms with Crippen LogP contribution in [0.5, 0.6) is 0 Å². The second-order valence-electron chi connectivity index (χ2n) is 4.95. The van der Waals surface area contributed by atoms with E-state index < -0.39 is 23.5 Å². The Balaban J connectivity index is 2.35. The standard InChI is InChI=1S/C14H17N3O5/c1-3-4-5-8(14(20)21)17-12(19)9-7(2)22-13-10(9)11(18)15-6-16-13/h6,8H,3-5H2,1-2H3,(H,17,19)(H,20,21)(H,15,16,18)/t8-/m0/s1. The van der Waals surface area contributed by atoms with Crippen molar-refractivity contribution < 1.29 is 19.1 Å². The van der Waals surface area contributed by atoms with Crippen molar-refractivity contribution >= 4 is 23.0 Å². The van der Waals surface area contributed by atoms with Gasteiger partial charge in [-0.3, -0.25) is 9.59 Å². The fraction of sp³-hybridized carbons (Fsp3) is 0.429. The van der Waals surface area contributed by atoms with Crippen molar-refractivity contribution in [3.63, 3.8) is 0 Å². The third-order valence-electron chi connectivity index (χ3n) is 3.35. The summed E-state index contributed by atoms with van der Waals surface area (Å²) in [6.45, 7) is 3.46. The summed E-state index contributed by atoms with van der Waals surface area (Å²) >= 11 is 0. The van der Waals surface area contributed by atoms with E-state index in [9.17, 15) is 14.4 Å². The Labute approximate surface area is 125 Å². The van der Waals surface area contributed by atoms with Crippen LogP contribution in [0.15, 0.2) is 15.5 Å². The highest BCUT2D eigenvalue weighted by Crippen LogP contribution is 2.20. The number of aryl methyl sites for hydroxylation is 1. The quantitative estimate of drug-likeness (QED) is 0.736. The number of nitrogens with zero attached hydrogens (tertiary/aromatic N) is 1. The number of carbonyl (C=O) groups excluding carboxylic acids is 1. The van der Waals surface area contributed by atoms with Gasteiger partial charge in [0, 0.05) is 0 Å². The fourth-order valence-electron chi connectivity index (χ4n) is 2.22. The molecule has 0 bridgehead atoms. The van der Waals surface area contributed by atoms with Gasteiger partial charge in [0.2, 0.25) is 5.71 Å². The zero-order valence-corrected chi connectivity index (χ0v) is 12.3. The first-order valence-corrected chi connectivity index (χ1v) is 6.96. The van der Waals surface area contributed by atoms with Crippen molar-refractivity contribution in [1.82, 2.24) is 15.3 Å². The van der Waals surface area contributed by atoms with Crippen molar-refractivity contribution in [2.24, 2.45) is 0 Å². The molecular formula is C14H17N3O5. The number of carbonyl (C=O) groups is 2. The molecule has 0 radical (unpaired) electrons. The number of aliphatic carboxylic acids is 1. The van der Waals surface area contributed by atoms with Crippen LogP contribution in [-0.2, 0) is 4.79 Å². The molecule has 0 saturated carbocycles. The van der Waals surface area contributed by atoms with E-state index in [0.717, 1.165) is 6.42 Å². The van der Waals surface area contributed by atoms with E-state index in [2.05, 4.69) is 15.3 Å². The fourth-order valence-corrected chi connectivity index (χ4v) is 2.22. The summed E-state index contributed by atoms with van der Waals surface area (Å²) in [6, 6.07) is -1.01. The predicted octanol–water partition coefficient (Wildman–Crippen LogP) is 1.20. The first-order chi connectivity index (χ1) is 10.5. The molecule has 0 aliphatic rings. The summed E-state index contributed by atoms with van der Waals surface area (Å²) in [7, 11) is 0. The maximum absolute atomic E-state index is 12.4. The van der Waals surface area contributed by atoms with Gasteiger partial charge in [0.25, 0.3) is 11.5 Å². The maximum Gasteiger partial charge on any atom is 0.326 e. The van der Waals surface area contributed by atoms with Gasteiger partial charge >= 0.3 is 5.97 Å². The van der Waals surface area contributed by atoms with E-state index in [0.29, 0.717) is 12.8 Å². The Morgan fingerprint density at radius 2 is 2.23 bits per heavy atom. The third-order valence-corrected chi connectivity index (χ3v) is 3.35. The third kappa shape index (κ3) is 3.00. The lowest BCUT2D eigenvalue weighted by Crippen LogP contribution is -2.41. The number of hydrogen-bond acceptors (Lipinski definition) is 5. The summed E-state index contributed by atoms with van der Waals surface area (Å²) in [4.78, 5) is 41.6.